The molecule has 1 atom stereocenters. The number of rotatable bonds is 4. The van der Waals surface area contributed by atoms with Crippen LogP contribution in [0.4, 0.5) is 0 Å². The van der Waals surface area contributed by atoms with Crippen molar-refractivity contribution >= 4 is 5.91 Å². The highest BCUT2D eigenvalue weighted by Crippen LogP contribution is 2.22. The van der Waals surface area contributed by atoms with Crippen molar-refractivity contribution in [3.63, 3.8) is 0 Å². The Balaban J connectivity index is 1.39. The van der Waals surface area contributed by atoms with Gasteiger partial charge in [-0.1, -0.05) is 0 Å². The molecule has 0 aromatic carbocycles. The molecule has 1 aromatic heterocycles. The zero-order valence-corrected chi connectivity index (χ0v) is 11.5. The Hall–Kier alpha value is -1.62. The molecule has 2 fully saturated rings. The van der Waals surface area contributed by atoms with Crippen molar-refractivity contribution in [1.82, 2.24) is 9.88 Å². The van der Waals surface area contributed by atoms with Gasteiger partial charge in [-0.15, -0.1) is 0 Å². The molecule has 20 heavy (non-hydrogen) atoms. The van der Waals surface area contributed by atoms with E-state index in [4.69, 9.17) is 9.47 Å². The van der Waals surface area contributed by atoms with Crippen LogP contribution in [0.3, 0.4) is 0 Å². The first-order chi connectivity index (χ1) is 9.83. The fourth-order valence-electron chi connectivity index (χ4n) is 2.64. The zero-order chi connectivity index (χ0) is 13.8. The van der Waals surface area contributed by atoms with Crippen molar-refractivity contribution in [1.29, 1.82) is 0 Å². The molecular weight excluding hydrogens is 256 g/mol. The van der Waals surface area contributed by atoms with E-state index in [9.17, 15) is 4.79 Å². The molecular formula is C15H20N2O3. The highest BCUT2D eigenvalue weighted by molar-refractivity contribution is 5.81. The van der Waals surface area contributed by atoms with E-state index in [1.807, 2.05) is 17.0 Å². The molecule has 0 N–H and O–H groups in total. The summed E-state index contributed by atoms with van der Waals surface area (Å²) in [6.45, 7) is 2.91. The Bertz CT molecular complexity index is 440. The van der Waals surface area contributed by atoms with Crippen LogP contribution in [0.2, 0.25) is 0 Å². The number of hydrogen-bond donors (Lipinski definition) is 0. The molecule has 0 radical (unpaired) electrons. The second-order valence-electron chi connectivity index (χ2n) is 5.46. The van der Waals surface area contributed by atoms with Crippen molar-refractivity contribution in [2.75, 3.05) is 26.3 Å². The van der Waals surface area contributed by atoms with Gasteiger partial charge in [-0.05, 0) is 31.4 Å². The first-order valence-corrected chi connectivity index (χ1v) is 7.26. The van der Waals surface area contributed by atoms with Crippen LogP contribution in [-0.2, 0) is 9.53 Å². The van der Waals surface area contributed by atoms with Gasteiger partial charge in [0.2, 0.25) is 0 Å². The summed E-state index contributed by atoms with van der Waals surface area (Å²) in [6, 6.07) is 3.75. The Labute approximate surface area is 118 Å². The number of ether oxygens (including phenoxy) is 2. The van der Waals surface area contributed by atoms with Crippen molar-refractivity contribution < 1.29 is 14.3 Å². The summed E-state index contributed by atoms with van der Waals surface area (Å²) in [4.78, 5) is 18.0. The smallest absolute Gasteiger partial charge is 0.251 e. The Kier molecular flexibility index (Phi) is 4.16. The lowest BCUT2D eigenvalue weighted by Gasteiger charge is -2.41. The summed E-state index contributed by atoms with van der Waals surface area (Å²) in [6.07, 6.45) is 6.26. The monoisotopic (exact) mass is 276 g/mol. The third-order valence-corrected chi connectivity index (χ3v) is 3.84. The third kappa shape index (κ3) is 3.10. The van der Waals surface area contributed by atoms with Crippen LogP contribution >= 0.6 is 0 Å². The molecule has 5 heteroatoms. The maximum absolute atomic E-state index is 12.2. The number of pyridine rings is 1. The molecule has 5 nitrogen and oxygen atoms in total. The maximum Gasteiger partial charge on any atom is 0.251 e. The predicted octanol–water partition coefficient (Wildman–Crippen LogP) is 1.49. The highest BCUT2D eigenvalue weighted by Gasteiger charge is 2.35. The topological polar surface area (TPSA) is 51.7 Å². The molecule has 3 heterocycles. The van der Waals surface area contributed by atoms with E-state index in [0.29, 0.717) is 12.5 Å². The summed E-state index contributed by atoms with van der Waals surface area (Å²) in [5.74, 6) is 1.36. The fourth-order valence-corrected chi connectivity index (χ4v) is 2.64. The summed E-state index contributed by atoms with van der Waals surface area (Å²) in [5.41, 5.74) is 0. The molecule has 1 unspecified atom stereocenters. The predicted molar refractivity (Wildman–Crippen MR) is 73.4 cm³/mol. The van der Waals surface area contributed by atoms with Crippen LogP contribution in [0.5, 0.6) is 5.75 Å². The van der Waals surface area contributed by atoms with Crippen molar-refractivity contribution in [2.24, 2.45) is 5.92 Å². The Morgan fingerprint density at radius 2 is 2.35 bits per heavy atom. The second kappa shape index (κ2) is 6.22. The van der Waals surface area contributed by atoms with Gasteiger partial charge >= 0.3 is 0 Å². The average molecular weight is 276 g/mol. The van der Waals surface area contributed by atoms with E-state index in [1.54, 1.807) is 12.4 Å². The number of aromatic nitrogens is 1. The van der Waals surface area contributed by atoms with E-state index in [-0.39, 0.29) is 12.0 Å². The Morgan fingerprint density at radius 1 is 1.45 bits per heavy atom. The van der Waals surface area contributed by atoms with Crippen LogP contribution in [0.15, 0.2) is 24.5 Å². The van der Waals surface area contributed by atoms with Crippen LogP contribution < -0.4 is 4.74 Å². The molecule has 1 aromatic rings. The molecule has 0 spiro atoms. The summed E-state index contributed by atoms with van der Waals surface area (Å²) in [5, 5.41) is 0. The number of nitrogens with zero attached hydrogens (tertiary/aromatic N) is 2. The maximum atomic E-state index is 12.2. The van der Waals surface area contributed by atoms with Gasteiger partial charge in [0.05, 0.1) is 12.8 Å². The molecule has 0 saturated carbocycles. The van der Waals surface area contributed by atoms with Gasteiger partial charge in [0, 0.05) is 31.8 Å². The lowest BCUT2D eigenvalue weighted by molar-refractivity contribution is -0.153. The number of amides is 1. The lowest BCUT2D eigenvalue weighted by atomic mass is 9.99. The quantitative estimate of drug-likeness (QED) is 0.836. The standard InChI is InChI=1S/C15H20N2O3/c18-15(14-5-1-2-7-19-14)17-9-12(10-17)11-20-13-4-3-6-16-8-13/h3-4,6,8,12,14H,1-2,5,7,9-11H2. The van der Waals surface area contributed by atoms with Crippen molar-refractivity contribution in [3.05, 3.63) is 24.5 Å². The first-order valence-electron chi connectivity index (χ1n) is 7.26. The second-order valence-corrected chi connectivity index (χ2v) is 5.46. The number of carbonyl (C=O) groups is 1. The van der Waals surface area contributed by atoms with Gasteiger partial charge in [0.1, 0.15) is 11.9 Å². The Morgan fingerprint density at radius 3 is 3.05 bits per heavy atom. The molecule has 3 rings (SSSR count). The summed E-state index contributed by atoms with van der Waals surface area (Å²) >= 11 is 0. The first kappa shape index (κ1) is 13.4. The summed E-state index contributed by atoms with van der Waals surface area (Å²) in [7, 11) is 0. The van der Waals surface area contributed by atoms with E-state index in [2.05, 4.69) is 4.98 Å². The minimum atomic E-state index is -0.205. The van der Waals surface area contributed by atoms with Crippen molar-refractivity contribution in [2.45, 2.75) is 25.4 Å². The average Bonchev–Trinajstić information content (AvgIpc) is 2.47. The van der Waals surface area contributed by atoms with E-state index in [0.717, 1.165) is 44.7 Å². The molecule has 2 aliphatic heterocycles. The van der Waals surface area contributed by atoms with Crippen LogP contribution in [0, 0.1) is 5.92 Å². The van der Waals surface area contributed by atoms with E-state index < -0.39 is 0 Å². The van der Waals surface area contributed by atoms with Gasteiger partial charge in [-0.2, -0.15) is 0 Å². The number of hydrogen-bond acceptors (Lipinski definition) is 4. The minimum Gasteiger partial charge on any atom is -0.492 e. The van der Waals surface area contributed by atoms with E-state index in [1.165, 1.54) is 0 Å². The normalized spacial score (nSPS) is 23.2. The molecule has 1 amide bonds. The number of carbonyl (C=O) groups excluding carboxylic acids is 1. The van der Waals surface area contributed by atoms with Gasteiger partial charge in [0.25, 0.3) is 5.91 Å². The van der Waals surface area contributed by atoms with Crippen molar-refractivity contribution in [3.8, 4) is 5.75 Å². The molecule has 108 valence electrons. The van der Waals surface area contributed by atoms with Crippen LogP contribution in [0.1, 0.15) is 19.3 Å². The van der Waals surface area contributed by atoms with Gasteiger partial charge < -0.3 is 14.4 Å². The lowest BCUT2D eigenvalue weighted by Crippen LogP contribution is -2.55. The van der Waals surface area contributed by atoms with Crippen LogP contribution in [0.25, 0.3) is 0 Å². The molecule has 0 aliphatic carbocycles. The van der Waals surface area contributed by atoms with Gasteiger partial charge in [-0.25, -0.2) is 0 Å². The van der Waals surface area contributed by atoms with Crippen LogP contribution in [-0.4, -0.2) is 48.2 Å². The third-order valence-electron chi connectivity index (χ3n) is 3.84. The SMILES string of the molecule is O=C(C1CCCCO1)N1CC(COc2cccnc2)C1. The minimum absolute atomic E-state index is 0.155. The van der Waals surface area contributed by atoms with E-state index >= 15 is 0 Å². The fraction of sp³-hybridized carbons (Fsp3) is 0.600. The summed E-state index contributed by atoms with van der Waals surface area (Å²) < 4.78 is 11.2. The largest absolute Gasteiger partial charge is 0.492 e. The van der Waals surface area contributed by atoms with Gasteiger partial charge in [0.15, 0.2) is 0 Å². The number of likely N-dealkylation sites (tertiary alicyclic amines) is 1. The zero-order valence-electron chi connectivity index (χ0n) is 11.5. The molecule has 0 bridgehead atoms. The molecule has 2 aliphatic rings. The van der Waals surface area contributed by atoms with Gasteiger partial charge in [-0.3, -0.25) is 9.78 Å². The molecule has 2 saturated heterocycles. The highest BCUT2D eigenvalue weighted by atomic mass is 16.5.